The van der Waals surface area contributed by atoms with Gasteiger partial charge in [0, 0.05) is 0 Å². The van der Waals surface area contributed by atoms with Gasteiger partial charge in [-0.1, -0.05) is 0 Å². The topological polar surface area (TPSA) is 40.5 Å². The van der Waals surface area contributed by atoms with Crippen molar-refractivity contribution < 1.29 is 10.2 Å². The monoisotopic (exact) mass is 128 g/mol. The highest BCUT2D eigenvalue weighted by molar-refractivity contribution is 4.96. The van der Waals surface area contributed by atoms with Crippen molar-refractivity contribution in [2.24, 2.45) is 11.8 Å². The van der Waals surface area contributed by atoms with E-state index in [0.717, 1.165) is 19.3 Å². The molecule has 2 N–H and O–H groups in total. The van der Waals surface area contributed by atoms with Gasteiger partial charge >= 0.3 is 0 Å². The quantitative estimate of drug-likeness (QED) is 0.487. The number of rotatable bonds is 0. The van der Waals surface area contributed by atoms with Crippen molar-refractivity contribution in [2.75, 3.05) is 0 Å². The molecular formula is C7H12O2. The summed E-state index contributed by atoms with van der Waals surface area (Å²) < 4.78 is 0. The molecule has 52 valence electrons. The lowest BCUT2D eigenvalue weighted by atomic mass is 9.95. The van der Waals surface area contributed by atoms with Crippen LogP contribution in [-0.2, 0) is 0 Å². The average molecular weight is 128 g/mol. The third-order valence-corrected chi connectivity index (χ3v) is 2.83. The van der Waals surface area contributed by atoms with Crippen molar-refractivity contribution in [1.29, 1.82) is 0 Å². The van der Waals surface area contributed by atoms with Gasteiger partial charge in [-0.15, -0.1) is 0 Å². The first-order valence-electron chi connectivity index (χ1n) is 3.65. The Bertz CT molecular complexity index is 106. The van der Waals surface area contributed by atoms with Crippen LogP contribution in [-0.4, -0.2) is 22.4 Å². The second-order valence-corrected chi connectivity index (χ2v) is 3.31. The maximum atomic E-state index is 9.24. The number of hydrogen-bond acceptors (Lipinski definition) is 2. The summed E-state index contributed by atoms with van der Waals surface area (Å²) in [5.41, 5.74) is 0. The van der Waals surface area contributed by atoms with Crippen LogP contribution < -0.4 is 0 Å². The predicted octanol–water partition coefficient (Wildman–Crippen LogP) is 0.138. The molecule has 0 spiro atoms. The number of aliphatic hydroxyl groups excluding tert-OH is 2. The van der Waals surface area contributed by atoms with Crippen LogP contribution in [0.4, 0.5) is 0 Å². The molecule has 2 nitrogen and oxygen atoms in total. The molecule has 2 heteroatoms. The summed E-state index contributed by atoms with van der Waals surface area (Å²) in [4.78, 5) is 0. The largest absolute Gasteiger partial charge is 0.390 e. The van der Waals surface area contributed by atoms with E-state index in [2.05, 4.69) is 0 Å². The molecule has 4 atom stereocenters. The van der Waals surface area contributed by atoms with Gasteiger partial charge in [0.15, 0.2) is 0 Å². The fraction of sp³-hybridized carbons (Fsp3) is 1.00. The summed E-state index contributed by atoms with van der Waals surface area (Å²) in [5.74, 6) is 0.843. The van der Waals surface area contributed by atoms with Gasteiger partial charge in [0.25, 0.3) is 0 Å². The zero-order chi connectivity index (χ0) is 6.43. The van der Waals surface area contributed by atoms with Crippen LogP contribution in [0.1, 0.15) is 19.3 Å². The Morgan fingerprint density at radius 3 is 1.56 bits per heavy atom. The maximum Gasteiger partial charge on any atom is 0.0830 e. The standard InChI is InChI=1S/C7H12O2/c8-6-4-1-2-5(3-4)7(6)9/h4-9H,1-3H2/t4-,5+,6-,7-/m0/s1. The first-order chi connectivity index (χ1) is 4.29. The van der Waals surface area contributed by atoms with E-state index in [-0.39, 0.29) is 0 Å². The van der Waals surface area contributed by atoms with Gasteiger partial charge in [-0.3, -0.25) is 0 Å². The van der Waals surface area contributed by atoms with E-state index in [0.29, 0.717) is 11.8 Å². The second kappa shape index (κ2) is 1.70. The molecule has 2 fully saturated rings. The maximum absolute atomic E-state index is 9.24. The minimum atomic E-state index is -0.399. The lowest BCUT2D eigenvalue weighted by Crippen LogP contribution is -2.31. The van der Waals surface area contributed by atoms with Crippen LogP contribution >= 0.6 is 0 Å². The molecule has 9 heavy (non-hydrogen) atoms. The molecule has 2 rings (SSSR count). The molecule has 0 saturated heterocycles. The smallest absolute Gasteiger partial charge is 0.0830 e. The zero-order valence-electron chi connectivity index (χ0n) is 5.33. The molecule has 0 aromatic heterocycles. The Hall–Kier alpha value is -0.0800. The highest BCUT2D eigenvalue weighted by Gasteiger charge is 2.45. The zero-order valence-corrected chi connectivity index (χ0v) is 5.33. The SMILES string of the molecule is O[C@H]1[C@@H]2CC[C@@H](C2)[C@@H]1O. The molecule has 2 aliphatic rings. The van der Waals surface area contributed by atoms with E-state index in [1.54, 1.807) is 0 Å². The van der Waals surface area contributed by atoms with Crippen molar-refractivity contribution >= 4 is 0 Å². The molecule has 0 aliphatic heterocycles. The number of hydrogen-bond donors (Lipinski definition) is 2. The van der Waals surface area contributed by atoms with Crippen LogP contribution in [0.5, 0.6) is 0 Å². The van der Waals surface area contributed by atoms with Crippen molar-refractivity contribution in [1.82, 2.24) is 0 Å². The molecule has 0 radical (unpaired) electrons. The summed E-state index contributed by atoms with van der Waals surface area (Å²) in [6.45, 7) is 0. The Labute approximate surface area is 54.5 Å². The molecule has 2 bridgehead atoms. The molecule has 0 aromatic rings. The van der Waals surface area contributed by atoms with E-state index in [1.165, 1.54) is 0 Å². The molecule has 0 heterocycles. The van der Waals surface area contributed by atoms with Crippen LogP contribution in [0, 0.1) is 11.8 Å². The minimum absolute atomic E-state index is 0.399. The van der Waals surface area contributed by atoms with Crippen molar-refractivity contribution in [2.45, 2.75) is 31.5 Å². The van der Waals surface area contributed by atoms with Gasteiger partial charge in [0.1, 0.15) is 0 Å². The summed E-state index contributed by atoms with van der Waals surface area (Å²) >= 11 is 0. The van der Waals surface area contributed by atoms with Crippen molar-refractivity contribution in [3.63, 3.8) is 0 Å². The molecule has 0 amide bonds. The first-order valence-corrected chi connectivity index (χ1v) is 3.65. The predicted molar refractivity (Wildman–Crippen MR) is 32.8 cm³/mol. The Balaban J connectivity index is 2.15. The summed E-state index contributed by atoms with van der Waals surface area (Å²) in [5, 5.41) is 18.5. The van der Waals surface area contributed by atoms with Crippen molar-refractivity contribution in [3.05, 3.63) is 0 Å². The van der Waals surface area contributed by atoms with Crippen LogP contribution in [0.15, 0.2) is 0 Å². The van der Waals surface area contributed by atoms with Crippen LogP contribution in [0.2, 0.25) is 0 Å². The molecular weight excluding hydrogens is 116 g/mol. The highest BCUT2D eigenvalue weighted by Crippen LogP contribution is 2.44. The number of fused-ring (bicyclic) bond motifs is 2. The van der Waals surface area contributed by atoms with Crippen molar-refractivity contribution in [3.8, 4) is 0 Å². The lowest BCUT2D eigenvalue weighted by molar-refractivity contribution is -0.0160. The first kappa shape index (κ1) is 5.69. The van der Waals surface area contributed by atoms with Gasteiger partial charge in [0.05, 0.1) is 12.2 Å². The fourth-order valence-electron chi connectivity index (χ4n) is 2.23. The van der Waals surface area contributed by atoms with Gasteiger partial charge in [0.2, 0.25) is 0 Å². The fourth-order valence-corrected chi connectivity index (χ4v) is 2.23. The third-order valence-electron chi connectivity index (χ3n) is 2.83. The lowest BCUT2D eigenvalue weighted by Gasteiger charge is -2.21. The number of aliphatic hydroxyl groups is 2. The Morgan fingerprint density at radius 1 is 0.889 bits per heavy atom. The van der Waals surface area contributed by atoms with Gasteiger partial charge in [-0.05, 0) is 31.1 Å². The molecule has 2 aliphatic carbocycles. The van der Waals surface area contributed by atoms with Gasteiger partial charge in [-0.25, -0.2) is 0 Å². The summed E-state index contributed by atoms with van der Waals surface area (Å²) in [6, 6.07) is 0. The molecule has 2 saturated carbocycles. The normalized spacial score (nSPS) is 56.7. The average Bonchev–Trinajstić information content (AvgIpc) is 2.37. The van der Waals surface area contributed by atoms with Crippen LogP contribution in [0.3, 0.4) is 0 Å². The summed E-state index contributed by atoms with van der Waals surface area (Å²) in [6.07, 6.45) is 2.51. The Kier molecular flexibility index (Phi) is 1.08. The van der Waals surface area contributed by atoms with E-state index in [9.17, 15) is 10.2 Å². The van der Waals surface area contributed by atoms with E-state index in [1.807, 2.05) is 0 Å². The van der Waals surface area contributed by atoms with Gasteiger partial charge < -0.3 is 10.2 Å². The van der Waals surface area contributed by atoms with E-state index >= 15 is 0 Å². The molecule has 0 aromatic carbocycles. The minimum Gasteiger partial charge on any atom is -0.390 e. The van der Waals surface area contributed by atoms with E-state index in [4.69, 9.17) is 0 Å². The van der Waals surface area contributed by atoms with Crippen LogP contribution in [0.25, 0.3) is 0 Å². The second-order valence-electron chi connectivity index (χ2n) is 3.31. The van der Waals surface area contributed by atoms with Gasteiger partial charge in [-0.2, -0.15) is 0 Å². The summed E-state index contributed by atoms with van der Waals surface area (Å²) in [7, 11) is 0. The highest BCUT2D eigenvalue weighted by atomic mass is 16.3. The molecule has 0 unspecified atom stereocenters. The van der Waals surface area contributed by atoms with E-state index < -0.39 is 12.2 Å². The Morgan fingerprint density at radius 2 is 1.33 bits per heavy atom. The third kappa shape index (κ3) is 0.634.